The molecule has 2 nitrogen and oxygen atoms in total. The second-order valence-corrected chi connectivity index (χ2v) is 3.50. The van der Waals surface area contributed by atoms with Gasteiger partial charge < -0.3 is 0 Å². The van der Waals surface area contributed by atoms with Gasteiger partial charge in [0.15, 0.2) is 0 Å². The van der Waals surface area contributed by atoms with Gasteiger partial charge in [-0.3, -0.25) is 9.97 Å². The molecule has 0 bridgehead atoms. The van der Waals surface area contributed by atoms with Crippen molar-refractivity contribution in [2.75, 3.05) is 0 Å². The molecule has 0 N–H and O–H groups in total. The summed E-state index contributed by atoms with van der Waals surface area (Å²) >= 11 is 3.45. The number of benzene rings is 1. The first-order valence-electron chi connectivity index (χ1n) is 3.64. The average Bonchev–Trinajstić information content (AvgIpc) is 2.07. The largest absolute Gasteiger partial charge is 0.253 e. The Kier molecular flexibility index (Phi) is 1.81. The molecule has 2 aromatic rings. The van der Waals surface area contributed by atoms with Crippen molar-refractivity contribution in [3.63, 3.8) is 0 Å². The van der Waals surface area contributed by atoms with Gasteiger partial charge in [-0.05, 0) is 24.6 Å². The smallest absolute Gasteiger partial charge is 0.0898 e. The Labute approximate surface area is 78.8 Å². The zero-order valence-electron chi connectivity index (χ0n) is 6.58. The molecule has 1 aromatic carbocycles. The fraction of sp³-hybridized carbons (Fsp3) is 0.111. The van der Waals surface area contributed by atoms with E-state index in [1.807, 2.05) is 19.1 Å². The lowest BCUT2D eigenvalue weighted by Gasteiger charge is -1.99. The predicted molar refractivity (Wildman–Crippen MR) is 52.0 cm³/mol. The Morgan fingerprint density at radius 1 is 1.08 bits per heavy atom. The molecule has 0 aliphatic carbocycles. The van der Waals surface area contributed by atoms with Crippen molar-refractivity contribution in [1.29, 1.82) is 0 Å². The van der Waals surface area contributed by atoms with Crippen LogP contribution in [0.3, 0.4) is 0 Å². The van der Waals surface area contributed by atoms with Crippen molar-refractivity contribution in [3.8, 4) is 0 Å². The van der Waals surface area contributed by atoms with Gasteiger partial charge in [0.2, 0.25) is 0 Å². The summed E-state index contributed by atoms with van der Waals surface area (Å²) in [6, 6.07) is 4.00. The molecule has 0 atom stereocenters. The Hall–Kier alpha value is -0.960. The third kappa shape index (κ3) is 1.20. The van der Waals surface area contributed by atoms with Gasteiger partial charge in [-0.25, -0.2) is 0 Å². The molecule has 3 heteroatoms. The van der Waals surface area contributed by atoms with E-state index in [0.29, 0.717) is 0 Å². The average molecular weight is 223 g/mol. The summed E-state index contributed by atoms with van der Waals surface area (Å²) in [7, 11) is 0. The van der Waals surface area contributed by atoms with Crippen molar-refractivity contribution < 1.29 is 0 Å². The van der Waals surface area contributed by atoms with Crippen LogP contribution in [0.5, 0.6) is 0 Å². The summed E-state index contributed by atoms with van der Waals surface area (Å²) in [5.41, 5.74) is 3.05. The lowest BCUT2D eigenvalue weighted by atomic mass is 10.2. The first-order chi connectivity index (χ1) is 5.77. The fourth-order valence-electron chi connectivity index (χ4n) is 1.09. The van der Waals surface area contributed by atoms with Crippen LogP contribution in [0.2, 0.25) is 0 Å². The lowest BCUT2D eigenvalue weighted by molar-refractivity contribution is 1.28. The fourth-order valence-corrected chi connectivity index (χ4v) is 1.42. The number of nitrogens with zero attached hydrogens (tertiary/aromatic N) is 2. The van der Waals surface area contributed by atoms with Crippen molar-refractivity contribution in [2.45, 2.75) is 6.92 Å². The van der Waals surface area contributed by atoms with Crippen LogP contribution in [0.25, 0.3) is 11.0 Å². The molecule has 0 spiro atoms. The summed E-state index contributed by atoms with van der Waals surface area (Å²) in [6.07, 6.45) is 3.40. The van der Waals surface area contributed by atoms with E-state index in [-0.39, 0.29) is 0 Å². The summed E-state index contributed by atoms with van der Waals surface area (Å²) in [4.78, 5) is 8.39. The molecule has 60 valence electrons. The monoisotopic (exact) mass is 222 g/mol. The summed E-state index contributed by atoms with van der Waals surface area (Å²) in [5, 5.41) is 0. The predicted octanol–water partition coefficient (Wildman–Crippen LogP) is 2.70. The number of hydrogen-bond donors (Lipinski definition) is 0. The van der Waals surface area contributed by atoms with Gasteiger partial charge in [-0.1, -0.05) is 15.9 Å². The highest BCUT2D eigenvalue weighted by Gasteiger charge is 1.98. The van der Waals surface area contributed by atoms with Gasteiger partial charge in [-0.15, -0.1) is 0 Å². The molecular weight excluding hydrogens is 216 g/mol. The number of aromatic nitrogens is 2. The van der Waals surface area contributed by atoms with E-state index in [9.17, 15) is 0 Å². The normalized spacial score (nSPS) is 10.5. The van der Waals surface area contributed by atoms with E-state index >= 15 is 0 Å². The molecule has 0 amide bonds. The van der Waals surface area contributed by atoms with Gasteiger partial charge in [0.1, 0.15) is 0 Å². The van der Waals surface area contributed by atoms with Gasteiger partial charge in [0, 0.05) is 16.9 Å². The second kappa shape index (κ2) is 2.83. The van der Waals surface area contributed by atoms with Gasteiger partial charge >= 0.3 is 0 Å². The van der Waals surface area contributed by atoms with Gasteiger partial charge in [-0.2, -0.15) is 0 Å². The van der Waals surface area contributed by atoms with Crippen LogP contribution < -0.4 is 0 Å². The molecule has 2 rings (SSSR count). The maximum atomic E-state index is 4.20. The van der Waals surface area contributed by atoms with E-state index in [1.165, 1.54) is 5.56 Å². The highest BCUT2D eigenvalue weighted by molar-refractivity contribution is 9.10. The van der Waals surface area contributed by atoms with E-state index in [4.69, 9.17) is 0 Å². The standard InChI is InChI=1S/C9H7BrN2/c1-6-4-8-9(5-7(6)10)12-3-2-11-8/h2-5H,1H3. The van der Waals surface area contributed by atoms with Crippen LogP contribution in [-0.2, 0) is 0 Å². The zero-order chi connectivity index (χ0) is 8.55. The van der Waals surface area contributed by atoms with E-state index in [2.05, 4.69) is 25.9 Å². The third-order valence-electron chi connectivity index (χ3n) is 1.75. The zero-order valence-corrected chi connectivity index (χ0v) is 8.17. The van der Waals surface area contributed by atoms with Crippen molar-refractivity contribution in [2.24, 2.45) is 0 Å². The lowest BCUT2D eigenvalue weighted by Crippen LogP contribution is -1.84. The number of halogens is 1. The highest BCUT2D eigenvalue weighted by atomic mass is 79.9. The third-order valence-corrected chi connectivity index (χ3v) is 2.60. The molecule has 1 aromatic heterocycles. The minimum Gasteiger partial charge on any atom is -0.253 e. The Balaban J connectivity index is 2.84. The first kappa shape index (κ1) is 7.68. The van der Waals surface area contributed by atoms with Gasteiger partial charge in [0.05, 0.1) is 11.0 Å². The van der Waals surface area contributed by atoms with Crippen LogP contribution in [0.4, 0.5) is 0 Å². The minimum atomic E-state index is 0.926. The van der Waals surface area contributed by atoms with Gasteiger partial charge in [0.25, 0.3) is 0 Å². The quantitative estimate of drug-likeness (QED) is 0.686. The van der Waals surface area contributed by atoms with E-state index < -0.39 is 0 Å². The van der Waals surface area contributed by atoms with Crippen LogP contribution >= 0.6 is 15.9 Å². The maximum absolute atomic E-state index is 4.20. The van der Waals surface area contributed by atoms with Crippen molar-refractivity contribution in [1.82, 2.24) is 9.97 Å². The SMILES string of the molecule is Cc1cc2nccnc2cc1Br. The maximum Gasteiger partial charge on any atom is 0.0898 e. The highest BCUT2D eigenvalue weighted by Crippen LogP contribution is 2.20. The molecule has 0 aliphatic heterocycles. The molecule has 0 saturated heterocycles. The molecule has 0 fully saturated rings. The first-order valence-corrected chi connectivity index (χ1v) is 4.43. The summed E-state index contributed by atoms with van der Waals surface area (Å²) in [6.45, 7) is 2.04. The van der Waals surface area contributed by atoms with Crippen molar-refractivity contribution >= 4 is 27.0 Å². The van der Waals surface area contributed by atoms with E-state index in [1.54, 1.807) is 12.4 Å². The van der Waals surface area contributed by atoms with Crippen LogP contribution in [0, 0.1) is 6.92 Å². The Bertz CT molecular complexity index is 385. The van der Waals surface area contributed by atoms with Crippen LogP contribution in [0.1, 0.15) is 5.56 Å². The molecule has 12 heavy (non-hydrogen) atoms. The number of fused-ring (bicyclic) bond motifs is 1. The minimum absolute atomic E-state index is 0.926. The number of rotatable bonds is 0. The molecular formula is C9H7BrN2. The Morgan fingerprint density at radius 3 is 2.33 bits per heavy atom. The van der Waals surface area contributed by atoms with E-state index in [0.717, 1.165) is 15.5 Å². The molecule has 0 radical (unpaired) electrons. The van der Waals surface area contributed by atoms with Crippen LogP contribution in [0.15, 0.2) is 29.0 Å². The summed E-state index contributed by atoms with van der Waals surface area (Å²) in [5.74, 6) is 0. The van der Waals surface area contributed by atoms with Crippen molar-refractivity contribution in [3.05, 3.63) is 34.6 Å². The molecule has 0 aliphatic rings. The summed E-state index contributed by atoms with van der Waals surface area (Å²) < 4.78 is 1.08. The second-order valence-electron chi connectivity index (χ2n) is 2.65. The van der Waals surface area contributed by atoms with Crippen LogP contribution in [-0.4, -0.2) is 9.97 Å². The topological polar surface area (TPSA) is 25.8 Å². The number of hydrogen-bond acceptors (Lipinski definition) is 2. The Morgan fingerprint density at radius 2 is 1.67 bits per heavy atom. The number of aryl methyl sites for hydroxylation is 1. The molecule has 1 heterocycles. The molecule has 0 unspecified atom stereocenters. The molecule has 0 saturated carbocycles.